The molecule has 124 valence electrons. The molecule has 1 aromatic carbocycles. The predicted molar refractivity (Wildman–Crippen MR) is 88.1 cm³/mol. The van der Waals surface area contributed by atoms with Crippen molar-refractivity contribution in [1.29, 1.82) is 0 Å². The number of amides is 1. The first-order valence-corrected chi connectivity index (χ1v) is 7.65. The molecule has 0 saturated carbocycles. The van der Waals surface area contributed by atoms with Crippen molar-refractivity contribution < 1.29 is 14.3 Å². The number of hydrogen-bond acceptors (Lipinski definition) is 4. The highest BCUT2D eigenvalue weighted by Gasteiger charge is 2.06. The van der Waals surface area contributed by atoms with Crippen LogP contribution < -0.4 is 14.8 Å². The van der Waals surface area contributed by atoms with Crippen LogP contribution in [0, 0.1) is 0 Å². The molecule has 7 heteroatoms. The largest absolute Gasteiger partial charge is 0.493 e. The van der Waals surface area contributed by atoms with E-state index >= 15 is 0 Å². The van der Waals surface area contributed by atoms with Crippen LogP contribution in [0.25, 0.3) is 0 Å². The van der Waals surface area contributed by atoms with Crippen molar-refractivity contribution in [3.8, 4) is 11.5 Å². The van der Waals surface area contributed by atoms with Crippen LogP contribution in [0.4, 0.5) is 0 Å². The molecule has 6 nitrogen and oxygen atoms in total. The molecule has 0 fully saturated rings. The highest BCUT2D eigenvalue weighted by molar-refractivity contribution is 6.30. The molecule has 0 bridgehead atoms. The molecule has 0 aliphatic heterocycles. The van der Waals surface area contributed by atoms with Gasteiger partial charge in [-0.25, -0.2) is 0 Å². The van der Waals surface area contributed by atoms with Crippen LogP contribution in [0.3, 0.4) is 0 Å². The predicted octanol–water partition coefficient (Wildman–Crippen LogP) is 2.30. The van der Waals surface area contributed by atoms with E-state index in [1.54, 1.807) is 31.3 Å². The van der Waals surface area contributed by atoms with Gasteiger partial charge in [0.25, 0.3) is 0 Å². The van der Waals surface area contributed by atoms with Crippen LogP contribution in [0.15, 0.2) is 30.6 Å². The van der Waals surface area contributed by atoms with Gasteiger partial charge in [0.2, 0.25) is 5.91 Å². The highest BCUT2D eigenvalue weighted by atomic mass is 35.5. The van der Waals surface area contributed by atoms with Crippen LogP contribution in [0.1, 0.15) is 12.0 Å². The van der Waals surface area contributed by atoms with Crippen molar-refractivity contribution in [3.63, 3.8) is 0 Å². The summed E-state index contributed by atoms with van der Waals surface area (Å²) in [4.78, 5) is 11.8. The summed E-state index contributed by atoms with van der Waals surface area (Å²) in [7, 11) is 3.20. The zero-order valence-corrected chi connectivity index (χ0v) is 14.0. The molecule has 1 amide bonds. The van der Waals surface area contributed by atoms with Crippen molar-refractivity contribution in [1.82, 2.24) is 15.1 Å². The Kier molecular flexibility index (Phi) is 6.29. The fraction of sp³-hybridized carbons (Fsp3) is 0.375. The monoisotopic (exact) mass is 337 g/mol. The first kappa shape index (κ1) is 17.1. The van der Waals surface area contributed by atoms with Gasteiger partial charge in [-0.15, -0.1) is 0 Å². The molecule has 0 aliphatic carbocycles. The number of hydrogen-bond donors (Lipinski definition) is 1. The molecular weight excluding hydrogens is 318 g/mol. The van der Waals surface area contributed by atoms with Crippen LogP contribution >= 0.6 is 11.6 Å². The number of ether oxygens (including phenoxy) is 2. The van der Waals surface area contributed by atoms with Gasteiger partial charge >= 0.3 is 0 Å². The van der Waals surface area contributed by atoms with Crippen LogP contribution in [0.5, 0.6) is 11.5 Å². The van der Waals surface area contributed by atoms with E-state index in [4.69, 9.17) is 21.1 Å². The molecule has 0 atom stereocenters. The smallest absolute Gasteiger partial charge is 0.221 e. The number of carbonyl (C=O) groups is 1. The Bertz CT molecular complexity index is 658. The lowest BCUT2D eigenvalue weighted by atomic mass is 10.1. The number of benzene rings is 1. The summed E-state index contributed by atoms with van der Waals surface area (Å²) in [6.07, 6.45) is 4.33. The van der Waals surface area contributed by atoms with Gasteiger partial charge in [0, 0.05) is 25.7 Å². The van der Waals surface area contributed by atoms with E-state index in [1.807, 2.05) is 18.2 Å². The minimum Gasteiger partial charge on any atom is -0.493 e. The fourth-order valence-corrected chi connectivity index (χ4v) is 2.30. The van der Waals surface area contributed by atoms with Gasteiger partial charge in [-0.3, -0.25) is 9.48 Å². The maximum Gasteiger partial charge on any atom is 0.221 e. The maximum absolute atomic E-state index is 11.8. The first-order chi connectivity index (χ1) is 11.1. The number of aromatic nitrogens is 2. The van der Waals surface area contributed by atoms with E-state index in [-0.39, 0.29) is 5.91 Å². The fourth-order valence-electron chi connectivity index (χ4n) is 2.15. The van der Waals surface area contributed by atoms with Gasteiger partial charge in [-0.2, -0.15) is 5.10 Å². The molecule has 0 saturated heterocycles. The molecule has 0 radical (unpaired) electrons. The summed E-state index contributed by atoms with van der Waals surface area (Å²) in [5.41, 5.74) is 1.07. The average molecular weight is 338 g/mol. The zero-order chi connectivity index (χ0) is 16.7. The Morgan fingerprint density at radius 2 is 2.09 bits per heavy atom. The first-order valence-electron chi connectivity index (χ1n) is 7.28. The minimum absolute atomic E-state index is 0.0166. The molecule has 0 unspecified atom stereocenters. The molecule has 2 rings (SSSR count). The number of carbonyl (C=O) groups excluding carboxylic acids is 1. The molecule has 2 aromatic rings. The van der Waals surface area contributed by atoms with E-state index < -0.39 is 0 Å². The van der Waals surface area contributed by atoms with E-state index in [2.05, 4.69) is 10.4 Å². The second kappa shape index (κ2) is 8.43. The lowest BCUT2D eigenvalue weighted by molar-refractivity contribution is -0.121. The third-order valence-electron chi connectivity index (χ3n) is 3.35. The molecule has 1 heterocycles. The number of halogens is 1. The Balaban J connectivity index is 1.74. The van der Waals surface area contributed by atoms with Crippen molar-refractivity contribution >= 4 is 17.5 Å². The molecule has 0 spiro atoms. The standard InChI is InChI=1S/C16H20ClN3O3/c1-22-14-4-3-12(9-15(14)23-2)5-7-18-16(21)6-8-20-11-13(17)10-19-20/h3-4,9-11H,5-8H2,1-2H3,(H,18,21). The van der Waals surface area contributed by atoms with E-state index in [0.29, 0.717) is 36.0 Å². The van der Waals surface area contributed by atoms with Crippen molar-refractivity contribution in [3.05, 3.63) is 41.2 Å². The Morgan fingerprint density at radius 3 is 2.74 bits per heavy atom. The molecule has 0 aliphatic rings. The summed E-state index contributed by atoms with van der Waals surface area (Å²) < 4.78 is 12.1. The average Bonchev–Trinajstić information content (AvgIpc) is 2.98. The molecule has 1 N–H and O–H groups in total. The second-order valence-corrected chi connectivity index (χ2v) is 5.40. The third-order valence-corrected chi connectivity index (χ3v) is 3.55. The summed E-state index contributed by atoms with van der Waals surface area (Å²) in [6, 6.07) is 5.73. The normalized spacial score (nSPS) is 10.4. The van der Waals surface area contributed by atoms with Gasteiger partial charge in [0.15, 0.2) is 11.5 Å². The quantitative estimate of drug-likeness (QED) is 0.802. The van der Waals surface area contributed by atoms with Crippen LogP contribution in [-0.2, 0) is 17.8 Å². The highest BCUT2D eigenvalue weighted by Crippen LogP contribution is 2.27. The number of methoxy groups -OCH3 is 2. The SMILES string of the molecule is COc1ccc(CCNC(=O)CCn2cc(Cl)cn2)cc1OC. The Labute approximate surface area is 140 Å². The minimum atomic E-state index is -0.0166. The van der Waals surface area contributed by atoms with E-state index in [9.17, 15) is 4.79 Å². The van der Waals surface area contributed by atoms with Crippen LogP contribution in [-0.4, -0.2) is 36.5 Å². The number of rotatable bonds is 8. The van der Waals surface area contributed by atoms with Gasteiger partial charge < -0.3 is 14.8 Å². The van der Waals surface area contributed by atoms with Crippen molar-refractivity contribution in [2.45, 2.75) is 19.4 Å². The molecular formula is C16H20ClN3O3. The number of aryl methyl sites for hydroxylation is 1. The lowest BCUT2D eigenvalue weighted by Crippen LogP contribution is -2.26. The van der Waals surface area contributed by atoms with E-state index in [0.717, 1.165) is 12.0 Å². The summed E-state index contributed by atoms with van der Waals surface area (Å²) in [5.74, 6) is 1.36. The lowest BCUT2D eigenvalue weighted by Gasteiger charge is -2.10. The topological polar surface area (TPSA) is 65.4 Å². The van der Waals surface area contributed by atoms with Crippen LogP contribution in [0.2, 0.25) is 5.02 Å². The second-order valence-electron chi connectivity index (χ2n) is 4.96. The molecule has 23 heavy (non-hydrogen) atoms. The third kappa shape index (κ3) is 5.17. The van der Waals surface area contributed by atoms with Gasteiger partial charge in [-0.1, -0.05) is 17.7 Å². The number of nitrogens with one attached hydrogen (secondary N) is 1. The zero-order valence-electron chi connectivity index (χ0n) is 13.2. The van der Waals surface area contributed by atoms with Gasteiger partial charge in [0.05, 0.1) is 25.4 Å². The summed E-state index contributed by atoms with van der Waals surface area (Å²) in [5, 5.41) is 7.49. The van der Waals surface area contributed by atoms with Crippen molar-refractivity contribution in [2.24, 2.45) is 0 Å². The van der Waals surface area contributed by atoms with Gasteiger partial charge in [0.1, 0.15) is 0 Å². The van der Waals surface area contributed by atoms with Crippen molar-refractivity contribution in [2.75, 3.05) is 20.8 Å². The summed E-state index contributed by atoms with van der Waals surface area (Å²) in [6.45, 7) is 1.07. The summed E-state index contributed by atoms with van der Waals surface area (Å²) >= 11 is 5.77. The Hall–Kier alpha value is -2.21. The maximum atomic E-state index is 11.8. The van der Waals surface area contributed by atoms with Gasteiger partial charge in [-0.05, 0) is 24.1 Å². The Morgan fingerprint density at radius 1 is 1.30 bits per heavy atom. The molecule has 1 aromatic heterocycles. The van der Waals surface area contributed by atoms with E-state index in [1.165, 1.54) is 0 Å². The number of nitrogens with zero attached hydrogens (tertiary/aromatic N) is 2.